The Morgan fingerprint density at radius 3 is 2.67 bits per heavy atom. The fraction of sp³-hybridized carbons (Fsp3) is 0.333. The molecular formula is C15H14F2N2O2. The van der Waals surface area contributed by atoms with Gasteiger partial charge in [-0.05, 0) is 32.3 Å². The Morgan fingerprint density at radius 2 is 2.14 bits per heavy atom. The highest BCUT2D eigenvalue weighted by atomic mass is 19.1. The number of hydrogen-bond donors (Lipinski definition) is 1. The molecule has 1 aromatic heterocycles. The average Bonchev–Trinajstić information content (AvgIpc) is 2.81. The Bertz CT molecular complexity index is 693. The van der Waals surface area contributed by atoms with E-state index in [1.165, 1.54) is 18.5 Å². The molecule has 1 aromatic carbocycles. The van der Waals surface area contributed by atoms with Crippen molar-refractivity contribution < 1.29 is 18.0 Å². The van der Waals surface area contributed by atoms with Crippen molar-refractivity contribution in [2.45, 2.75) is 31.7 Å². The van der Waals surface area contributed by atoms with Crippen molar-refractivity contribution in [1.29, 1.82) is 0 Å². The molecule has 1 N–H and O–H groups in total. The molecule has 21 heavy (non-hydrogen) atoms. The summed E-state index contributed by atoms with van der Waals surface area (Å²) in [4.78, 5) is 16.1. The molecule has 1 fully saturated rings. The van der Waals surface area contributed by atoms with Crippen LogP contribution in [0.15, 0.2) is 29.0 Å². The molecule has 3 rings (SSSR count). The van der Waals surface area contributed by atoms with E-state index >= 15 is 0 Å². The predicted molar refractivity (Wildman–Crippen MR) is 70.6 cm³/mol. The maximum Gasteiger partial charge on any atom is 0.274 e. The summed E-state index contributed by atoms with van der Waals surface area (Å²) in [5, 5.41) is 2.83. The van der Waals surface area contributed by atoms with Gasteiger partial charge in [0.05, 0.1) is 5.54 Å². The minimum absolute atomic E-state index is 0.184. The largest absolute Gasteiger partial charge is 0.448 e. The van der Waals surface area contributed by atoms with Crippen molar-refractivity contribution >= 4 is 5.91 Å². The molecule has 1 amide bonds. The fourth-order valence-corrected chi connectivity index (χ4v) is 2.67. The van der Waals surface area contributed by atoms with E-state index in [9.17, 15) is 13.6 Å². The smallest absolute Gasteiger partial charge is 0.274 e. The first-order valence-electron chi connectivity index (χ1n) is 6.70. The number of aryl methyl sites for hydroxylation is 1. The third kappa shape index (κ3) is 2.30. The van der Waals surface area contributed by atoms with E-state index in [0.29, 0.717) is 24.2 Å². The molecule has 0 aliphatic heterocycles. The van der Waals surface area contributed by atoms with E-state index in [2.05, 4.69) is 10.3 Å². The van der Waals surface area contributed by atoms with E-state index < -0.39 is 23.1 Å². The lowest BCUT2D eigenvalue weighted by atomic mass is 9.71. The number of hydrogen-bond acceptors (Lipinski definition) is 3. The average molecular weight is 292 g/mol. The number of halogens is 2. The second-order valence-electron chi connectivity index (χ2n) is 5.27. The van der Waals surface area contributed by atoms with Gasteiger partial charge in [0.1, 0.15) is 17.4 Å². The maximum atomic E-state index is 14.0. The molecule has 2 aromatic rings. The van der Waals surface area contributed by atoms with Crippen molar-refractivity contribution in [2.75, 3.05) is 0 Å². The van der Waals surface area contributed by atoms with Crippen LogP contribution in [-0.4, -0.2) is 10.9 Å². The van der Waals surface area contributed by atoms with Crippen molar-refractivity contribution in [3.8, 4) is 0 Å². The van der Waals surface area contributed by atoms with Gasteiger partial charge in [-0.1, -0.05) is 6.07 Å². The van der Waals surface area contributed by atoms with Crippen molar-refractivity contribution in [3.05, 3.63) is 53.2 Å². The number of oxazole rings is 1. The van der Waals surface area contributed by atoms with Crippen LogP contribution in [0, 0.1) is 18.6 Å². The number of benzene rings is 1. The number of carbonyl (C=O) groups excluding carboxylic acids is 1. The van der Waals surface area contributed by atoms with E-state index in [1.54, 1.807) is 6.92 Å². The standard InChI is InChI=1S/C15H14F2N2O2/c1-9-13(18-8-21-9)14(20)19-15(5-2-6-15)11-4-3-10(16)7-12(11)17/h3-4,7-8H,2,5-6H2,1H3,(H,19,20). The van der Waals surface area contributed by atoms with Crippen molar-refractivity contribution in [2.24, 2.45) is 0 Å². The third-order valence-corrected chi connectivity index (χ3v) is 3.97. The van der Waals surface area contributed by atoms with Crippen LogP contribution < -0.4 is 5.32 Å². The number of rotatable bonds is 3. The summed E-state index contributed by atoms with van der Waals surface area (Å²) < 4.78 is 32.1. The summed E-state index contributed by atoms with van der Waals surface area (Å²) in [6.45, 7) is 1.63. The normalized spacial score (nSPS) is 16.3. The molecule has 6 heteroatoms. The first-order valence-corrected chi connectivity index (χ1v) is 6.70. The first-order chi connectivity index (χ1) is 10.0. The van der Waals surface area contributed by atoms with Gasteiger partial charge in [0.15, 0.2) is 12.1 Å². The van der Waals surface area contributed by atoms with Crippen LogP contribution in [0.5, 0.6) is 0 Å². The van der Waals surface area contributed by atoms with Gasteiger partial charge in [0.25, 0.3) is 5.91 Å². The highest BCUT2D eigenvalue weighted by Crippen LogP contribution is 2.42. The van der Waals surface area contributed by atoms with Crippen LogP contribution in [0.4, 0.5) is 8.78 Å². The van der Waals surface area contributed by atoms with E-state index in [1.807, 2.05) is 0 Å². The summed E-state index contributed by atoms with van der Waals surface area (Å²) in [5.41, 5.74) is -0.297. The van der Waals surface area contributed by atoms with Gasteiger partial charge in [0.2, 0.25) is 0 Å². The van der Waals surface area contributed by atoms with Crippen LogP contribution in [0.3, 0.4) is 0 Å². The van der Waals surface area contributed by atoms with Gasteiger partial charge < -0.3 is 9.73 Å². The second kappa shape index (κ2) is 4.95. The number of nitrogens with one attached hydrogen (secondary N) is 1. The van der Waals surface area contributed by atoms with Crippen molar-refractivity contribution in [3.63, 3.8) is 0 Å². The highest BCUT2D eigenvalue weighted by molar-refractivity contribution is 5.93. The highest BCUT2D eigenvalue weighted by Gasteiger charge is 2.42. The summed E-state index contributed by atoms with van der Waals surface area (Å²) in [7, 11) is 0. The topological polar surface area (TPSA) is 55.1 Å². The molecule has 0 saturated heterocycles. The van der Waals surface area contributed by atoms with E-state index in [4.69, 9.17) is 4.42 Å². The summed E-state index contributed by atoms with van der Waals surface area (Å²) in [5.74, 6) is -1.29. The predicted octanol–water partition coefficient (Wildman–Crippen LogP) is 3.07. The van der Waals surface area contributed by atoms with Gasteiger partial charge in [-0.25, -0.2) is 13.8 Å². The van der Waals surface area contributed by atoms with Gasteiger partial charge in [-0.3, -0.25) is 4.79 Å². The Balaban J connectivity index is 1.91. The first kappa shape index (κ1) is 13.7. The van der Waals surface area contributed by atoms with Crippen LogP contribution in [0.2, 0.25) is 0 Å². The SMILES string of the molecule is Cc1ocnc1C(=O)NC1(c2ccc(F)cc2F)CCC1. The molecular weight excluding hydrogens is 278 g/mol. The number of nitrogens with zero attached hydrogens (tertiary/aromatic N) is 1. The molecule has 0 bridgehead atoms. The van der Waals surface area contributed by atoms with Gasteiger partial charge in [-0.15, -0.1) is 0 Å². The zero-order chi connectivity index (χ0) is 15.0. The third-order valence-electron chi connectivity index (χ3n) is 3.97. The van der Waals surface area contributed by atoms with Gasteiger partial charge in [0, 0.05) is 11.6 Å². The molecule has 0 atom stereocenters. The fourth-order valence-electron chi connectivity index (χ4n) is 2.67. The molecule has 110 valence electrons. The van der Waals surface area contributed by atoms with Crippen LogP contribution in [0.1, 0.15) is 41.1 Å². The molecule has 1 aliphatic rings. The van der Waals surface area contributed by atoms with Crippen LogP contribution >= 0.6 is 0 Å². The lowest BCUT2D eigenvalue weighted by Gasteiger charge is -2.43. The maximum absolute atomic E-state index is 14.0. The molecule has 0 radical (unpaired) electrons. The van der Waals surface area contributed by atoms with Gasteiger partial charge >= 0.3 is 0 Å². The minimum Gasteiger partial charge on any atom is -0.448 e. The number of carbonyl (C=O) groups is 1. The Morgan fingerprint density at radius 1 is 1.38 bits per heavy atom. The lowest BCUT2D eigenvalue weighted by Crippen LogP contribution is -2.51. The summed E-state index contributed by atoms with van der Waals surface area (Å²) in [6, 6.07) is 3.43. The van der Waals surface area contributed by atoms with E-state index in [-0.39, 0.29) is 5.69 Å². The van der Waals surface area contributed by atoms with Gasteiger partial charge in [-0.2, -0.15) is 0 Å². The minimum atomic E-state index is -0.791. The summed E-state index contributed by atoms with van der Waals surface area (Å²) >= 11 is 0. The molecule has 1 heterocycles. The Hall–Kier alpha value is -2.24. The molecule has 4 nitrogen and oxygen atoms in total. The molecule has 1 aliphatic carbocycles. The number of amides is 1. The van der Waals surface area contributed by atoms with Crippen molar-refractivity contribution in [1.82, 2.24) is 10.3 Å². The summed E-state index contributed by atoms with van der Waals surface area (Å²) in [6.07, 6.45) is 3.28. The van der Waals surface area contributed by atoms with E-state index in [0.717, 1.165) is 12.5 Å². The van der Waals surface area contributed by atoms with Crippen LogP contribution in [-0.2, 0) is 5.54 Å². The zero-order valence-electron chi connectivity index (χ0n) is 11.5. The Labute approximate surface area is 120 Å². The monoisotopic (exact) mass is 292 g/mol. The molecule has 1 saturated carbocycles. The quantitative estimate of drug-likeness (QED) is 0.946. The van der Waals surface area contributed by atoms with Crippen LogP contribution in [0.25, 0.3) is 0 Å². The lowest BCUT2D eigenvalue weighted by molar-refractivity contribution is 0.0812. The zero-order valence-corrected chi connectivity index (χ0v) is 11.5. The molecule has 0 unspecified atom stereocenters. The number of aromatic nitrogens is 1. The Kier molecular flexibility index (Phi) is 3.23. The molecule has 0 spiro atoms. The second-order valence-corrected chi connectivity index (χ2v) is 5.27.